The molecule has 1 aliphatic heterocycles. The van der Waals surface area contributed by atoms with Crippen LogP contribution in [0.3, 0.4) is 0 Å². The van der Waals surface area contributed by atoms with Crippen LogP contribution in [0.1, 0.15) is 51.5 Å². The summed E-state index contributed by atoms with van der Waals surface area (Å²) in [6.07, 6.45) is 5.66. The molecule has 0 bridgehead atoms. The second-order valence-electron chi connectivity index (χ2n) is 8.25. The number of ether oxygens (including phenoxy) is 1. The average Bonchev–Trinajstić information content (AvgIpc) is 2.73. The molecule has 0 unspecified atom stereocenters. The van der Waals surface area contributed by atoms with Crippen LogP contribution < -0.4 is 15.0 Å². The highest BCUT2D eigenvalue weighted by Gasteiger charge is 2.22. The van der Waals surface area contributed by atoms with Gasteiger partial charge >= 0.3 is 0 Å². The Bertz CT molecular complexity index is 866. The minimum absolute atomic E-state index is 0.0787. The van der Waals surface area contributed by atoms with Crippen LogP contribution in [0, 0.1) is 11.7 Å². The molecule has 1 N–H and O–H groups in total. The number of fused-ring (bicyclic) bond motifs is 1. The van der Waals surface area contributed by atoms with Crippen molar-refractivity contribution in [2.24, 2.45) is 5.92 Å². The molecule has 5 heteroatoms. The van der Waals surface area contributed by atoms with Crippen LogP contribution in [0.2, 0.25) is 0 Å². The van der Waals surface area contributed by atoms with Crippen LogP contribution in [0.15, 0.2) is 36.4 Å². The normalized spacial score (nSPS) is 15.8. The molecule has 162 valence electrons. The molecule has 1 heterocycles. The van der Waals surface area contributed by atoms with Crippen LogP contribution >= 0.6 is 0 Å². The van der Waals surface area contributed by atoms with Crippen LogP contribution in [-0.2, 0) is 11.3 Å². The highest BCUT2D eigenvalue weighted by molar-refractivity contribution is 5.95. The zero-order chi connectivity index (χ0) is 21.5. The maximum absolute atomic E-state index is 14.7. The molecular formula is C25H33FN2O2. The van der Waals surface area contributed by atoms with Crippen molar-refractivity contribution < 1.29 is 13.9 Å². The van der Waals surface area contributed by atoms with Gasteiger partial charge in [0.1, 0.15) is 11.6 Å². The van der Waals surface area contributed by atoms with Gasteiger partial charge in [0.25, 0.3) is 0 Å². The van der Waals surface area contributed by atoms with Crippen molar-refractivity contribution in [1.82, 2.24) is 5.32 Å². The van der Waals surface area contributed by atoms with Gasteiger partial charge in [0, 0.05) is 24.7 Å². The fraction of sp³-hybridized carbons (Fsp3) is 0.480. The van der Waals surface area contributed by atoms with Gasteiger partial charge in [0.15, 0.2) is 0 Å². The zero-order valence-corrected chi connectivity index (χ0v) is 18.3. The molecule has 0 saturated carbocycles. The van der Waals surface area contributed by atoms with E-state index in [0.29, 0.717) is 24.4 Å². The van der Waals surface area contributed by atoms with Crippen molar-refractivity contribution >= 4 is 11.6 Å². The Balaban J connectivity index is 2.07. The molecule has 0 atom stereocenters. The van der Waals surface area contributed by atoms with Crippen molar-refractivity contribution in [3.63, 3.8) is 0 Å². The van der Waals surface area contributed by atoms with E-state index in [1.165, 1.54) is 18.9 Å². The second-order valence-corrected chi connectivity index (χ2v) is 8.25. The topological polar surface area (TPSA) is 41.6 Å². The summed E-state index contributed by atoms with van der Waals surface area (Å²) in [4.78, 5) is 14.9. The van der Waals surface area contributed by atoms with Crippen LogP contribution in [0.25, 0.3) is 11.1 Å². The van der Waals surface area contributed by atoms with Crippen molar-refractivity contribution in [1.29, 1.82) is 0 Å². The van der Waals surface area contributed by atoms with Crippen molar-refractivity contribution in [3.8, 4) is 16.9 Å². The van der Waals surface area contributed by atoms with Crippen LogP contribution in [0.5, 0.6) is 5.75 Å². The van der Waals surface area contributed by atoms with Gasteiger partial charge in [0.2, 0.25) is 5.91 Å². The van der Waals surface area contributed by atoms with Gasteiger partial charge in [-0.05, 0) is 54.8 Å². The van der Waals surface area contributed by atoms with E-state index in [0.717, 1.165) is 42.6 Å². The van der Waals surface area contributed by atoms with Gasteiger partial charge < -0.3 is 15.0 Å². The van der Waals surface area contributed by atoms with E-state index >= 15 is 0 Å². The van der Waals surface area contributed by atoms with Gasteiger partial charge in [-0.3, -0.25) is 4.79 Å². The molecule has 0 fully saturated rings. The number of carbonyl (C=O) groups excluding carboxylic acids is 1. The van der Waals surface area contributed by atoms with E-state index in [4.69, 9.17) is 4.74 Å². The third-order valence-electron chi connectivity index (χ3n) is 5.66. The first-order valence-corrected chi connectivity index (χ1v) is 11.0. The minimum Gasteiger partial charge on any atom is -0.496 e. The summed E-state index contributed by atoms with van der Waals surface area (Å²) >= 11 is 0. The number of nitrogens with zero attached hydrogens (tertiary/aromatic N) is 1. The molecule has 0 aromatic heterocycles. The third-order valence-corrected chi connectivity index (χ3v) is 5.66. The number of halogens is 1. The number of hydrogen-bond acceptors (Lipinski definition) is 3. The highest BCUT2D eigenvalue weighted by Crippen LogP contribution is 2.35. The minimum atomic E-state index is -0.314. The lowest BCUT2D eigenvalue weighted by Crippen LogP contribution is -2.36. The number of methoxy groups -OCH3 is 1. The molecule has 2 aromatic carbocycles. The number of amides is 1. The fourth-order valence-electron chi connectivity index (χ4n) is 4.03. The predicted octanol–water partition coefficient (Wildman–Crippen LogP) is 5.54. The van der Waals surface area contributed by atoms with Gasteiger partial charge in [-0.15, -0.1) is 0 Å². The van der Waals surface area contributed by atoms with Gasteiger partial charge in [-0.1, -0.05) is 45.2 Å². The first kappa shape index (κ1) is 22.3. The summed E-state index contributed by atoms with van der Waals surface area (Å²) in [6, 6.07) is 10.7. The average molecular weight is 413 g/mol. The maximum Gasteiger partial charge on any atom is 0.229 e. The predicted molar refractivity (Wildman–Crippen MR) is 120 cm³/mol. The molecule has 1 aliphatic rings. The van der Waals surface area contributed by atoms with Gasteiger partial charge in [0.05, 0.1) is 12.7 Å². The quantitative estimate of drug-likeness (QED) is 0.719. The van der Waals surface area contributed by atoms with Crippen molar-refractivity contribution in [2.75, 3.05) is 25.1 Å². The Morgan fingerprint density at radius 1 is 1.10 bits per heavy atom. The van der Waals surface area contributed by atoms with Gasteiger partial charge in [-0.2, -0.15) is 0 Å². The Kier molecular flexibility index (Phi) is 7.86. The van der Waals surface area contributed by atoms with Crippen molar-refractivity contribution in [2.45, 2.75) is 52.5 Å². The van der Waals surface area contributed by atoms with Crippen molar-refractivity contribution in [3.05, 3.63) is 47.8 Å². The summed E-state index contributed by atoms with van der Waals surface area (Å²) in [7, 11) is 1.55. The molecule has 3 rings (SSSR count). The molecule has 0 saturated heterocycles. The van der Waals surface area contributed by atoms with Crippen LogP contribution in [0.4, 0.5) is 10.1 Å². The molecule has 0 radical (unpaired) electrons. The number of hydrogen-bond donors (Lipinski definition) is 1. The standard InChI is InChI=1S/C25H33FN2O2/c1-18(2)25(29)28-15-8-6-4-5-7-14-27-17-20-16-19(12-13-22(20)28)24-21(26)10-9-11-23(24)30-3/h9-13,16,18,27H,4-8,14-15,17H2,1-3H3. The van der Waals surface area contributed by atoms with Gasteiger partial charge in [-0.25, -0.2) is 4.39 Å². The molecule has 30 heavy (non-hydrogen) atoms. The Hall–Kier alpha value is -2.40. The largest absolute Gasteiger partial charge is 0.496 e. The van der Waals surface area contributed by atoms with Crippen LogP contribution in [-0.4, -0.2) is 26.1 Å². The summed E-state index contributed by atoms with van der Waals surface area (Å²) in [5.41, 5.74) is 3.14. The van der Waals surface area contributed by atoms with E-state index in [9.17, 15) is 9.18 Å². The smallest absolute Gasteiger partial charge is 0.229 e. The van der Waals surface area contributed by atoms with E-state index < -0.39 is 0 Å². The molecular weight excluding hydrogens is 379 g/mol. The monoisotopic (exact) mass is 412 g/mol. The maximum atomic E-state index is 14.7. The second kappa shape index (κ2) is 10.6. The Labute approximate surface area is 179 Å². The highest BCUT2D eigenvalue weighted by atomic mass is 19.1. The van der Waals surface area contributed by atoms with E-state index in [-0.39, 0.29) is 17.6 Å². The first-order chi connectivity index (χ1) is 14.5. The lowest BCUT2D eigenvalue weighted by molar-refractivity contribution is -0.121. The first-order valence-electron chi connectivity index (χ1n) is 11.0. The molecule has 0 aliphatic carbocycles. The fourth-order valence-corrected chi connectivity index (χ4v) is 4.03. The van der Waals surface area contributed by atoms with E-state index in [2.05, 4.69) is 5.32 Å². The molecule has 1 amide bonds. The number of rotatable bonds is 3. The number of benzene rings is 2. The zero-order valence-electron chi connectivity index (χ0n) is 18.3. The third kappa shape index (κ3) is 5.20. The molecule has 4 nitrogen and oxygen atoms in total. The summed E-state index contributed by atoms with van der Waals surface area (Å²) < 4.78 is 20.1. The lowest BCUT2D eigenvalue weighted by atomic mass is 9.98. The summed E-state index contributed by atoms with van der Waals surface area (Å²) in [5, 5.41) is 3.51. The number of anilines is 1. The summed E-state index contributed by atoms with van der Waals surface area (Å²) in [5.74, 6) is 0.242. The Morgan fingerprint density at radius 3 is 2.63 bits per heavy atom. The number of nitrogens with one attached hydrogen (secondary N) is 1. The lowest BCUT2D eigenvalue weighted by Gasteiger charge is -2.28. The van der Waals surface area contributed by atoms with E-state index in [1.807, 2.05) is 36.9 Å². The number of carbonyl (C=O) groups is 1. The molecule has 2 aromatic rings. The Morgan fingerprint density at radius 2 is 1.87 bits per heavy atom. The summed E-state index contributed by atoms with van der Waals surface area (Å²) in [6.45, 7) is 6.17. The SMILES string of the molecule is COc1cccc(F)c1-c1ccc2c(c1)CNCCCCCCCN2C(=O)C(C)C. The molecule has 0 spiro atoms. The van der Waals surface area contributed by atoms with E-state index in [1.54, 1.807) is 19.2 Å².